The normalized spacial score (nSPS) is 11.5. The first-order valence-corrected chi connectivity index (χ1v) is 7.48. The first-order chi connectivity index (χ1) is 9.83. The highest BCUT2D eigenvalue weighted by molar-refractivity contribution is 5.68. The molecule has 1 rings (SSSR count). The molecule has 1 heterocycles. The number of amides is 1. The van der Waals surface area contributed by atoms with Crippen LogP contribution in [0.4, 0.5) is 4.79 Å². The van der Waals surface area contributed by atoms with Gasteiger partial charge in [-0.25, -0.2) is 9.78 Å². The molecule has 21 heavy (non-hydrogen) atoms. The van der Waals surface area contributed by atoms with Crippen LogP contribution in [0.3, 0.4) is 0 Å². The van der Waals surface area contributed by atoms with Gasteiger partial charge < -0.3 is 19.5 Å². The van der Waals surface area contributed by atoms with Gasteiger partial charge in [0.15, 0.2) is 0 Å². The summed E-state index contributed by atoms with van der Waals surface area (Å²) in [6.07, 6.45) is 4.36. The van der Waals surface area contributed by atoms with Crippen molar-refractivity contribution in [3.8, 4) is 0 Å². The van der Waals surface area contributed by atoms with Gasteiger partial charge in [-0.1, -0.05) is 6.92 Å². The molecule has 0 spiro atoms. The smallest absolute Gasteiger partial charge is 0.410 e. The Balaban J connectivity index is 2.37. The van der Waals surface area contributed by atoms with E-state index in [0.717, 1.165) is 12.2 Å². The summed E-state index contributed by atoms with van der Waals surface area (Å²) in [6.45, 7) is 10.5. The Labute approximate surface area is 127 Å². The van der Waals surface area contributed by atoms with Crippen molar-refractivity contribution in [2.45, 2.75) is 46.3 Å². The quantitative estimate of drug-likeness (QED) is 0.783. The van der Waals surface area contributed by atoms with E-state index in [1.165, 1.54) is 0 Å². The molecule has 1 aromatic heterocycles. The van der Waals surface area contributed by atoms with Crippen LogP contribution in [0.5, 0.6) is 0 Å². The summed E-state index contributed by atoms with van der Waals surface area (Å²) in [5.41, 5.74) is -0.455. The molecule has 0 saturated heterocycles. The van der Waals surface area contributed by atoms with Crippen LogP contribution in [-0.2, 0) is 18.3 Å². The number of aromatic nitrogens is 2. The Morgan fingerprint density at radius 2 is 2.14 bits per heavy atom. The molecule has 0 aromatic carbocycles. The molecule has 1 amide bonds. The SMILES string of the molecule is CCCN(CCNCc1nccn1C)C(=O)OC(C)(C)C. The van der Waals surface area contributed by atoms with Crippen LogP contribution in [0.25, 0.3) is 0 Å². The van der Waals surface area contributed by atoms with E-state index >= 15 is 0 Å². The minimum atomic E-state index is -0.455. The molecule has 1 N–H and O–H groups in total. The largest absolute Gasteiger partial charge is 0.444 e. The van der Waals surface area contributed by atoms with Gasteiger partial charge in [-0.05, 0) is 27.2 Å². The summed E-state index contributed by atoms with van der Waals surface area (Å²) in [5.74, 6) is 0.981. The van der Waals surface area contributed by atoms with Gasteiger partial charge in [-0.15, -0.1) is 0 Å². The number of carbonyl (C=O) groups excluding carboxylic acids is 1. The van der Waals surface area contributed by atoms with Crippen molar-refractivity contribution >= 4 is 6.09 Å². The van der Waals surface area contributed by atoms with Crippen LogP contribution in [0.2, 0.25) is 0 Å². The minimum absolute atomic E-state index is 0.247. The lowest BCUT2D eigenvalue weighted by Gasteiger charge is -2.27. The van der Waals surface area contributed by atoms with Gasteiger partial charge in [0.2, 0.25) is 0 Å². The summed E-state index contributed by atoms with van der Waals surface area (Å²) < 4.78 is 7.39. The lowest BCUT2D eigenvalue weighted by atomic mass is 10.2. The molecule has 6 nitrogen and oxygen atoms in total. The number of hydrogen-bond donors (Lipinski definition) is 1. The maximum Gasteiger partial charge on any atom is 0.410 e. The number of imidazole rings is 1. The Hall–Kier alpha value is -1.56. The standard InChI is InChI=1S/C15H28N4O2/c1-6-9-19(14(20)21-15(2,3)4)11-7-16-12-13-17-8-10-18(13)5/h8,10,16H,6-7,9,11-12H2,1-5H3. The van der Waals surface area contributed by atoms with Crippen LogP contribution >= 0.6 is 0 Å². The van der Waals surface area contributed by atoms with Crippen molar-refractivity contribution in [2.75, 3.05) is 19.6 Å². The van der Waals surface area contributed by atoms with E-state index in [2.05, 4.69) is 17.2 Å². The molecule has 0 bridgehead atoms. The Kier molecular flexibility index (Phi) is 6.68. The second kappa shape index (κ2) is 8.02. The molecular weight excluding hydrogens is 268 g/mol. The zero-order valence-corrected chi connectivity index (χ0v) is 13.8. The molecule has 0 unspecified atom stereocenters. The van der Waals surface area contributed by atoms with Crippen molar-refractivity contribution < 1.29 is 9.53 Å². The monoisotopic (exact) mass is 296 g/mol. The lowest BCUT2D eigenvalue weighted by molar-refractivity contribution is 0.0252. The molecule has 0 fully saturated rings. The molecule has 1 aromatic rings. The van der Waals surface area contributed by atoms with Gasteiger partial charge in [0.25, 0.3) is 0 Å². The summed E-state index contributed by atoms with van der Waals surface area (Å²) in [4.78, 5) is 18.1. The second-order valence-electron chi connectivity index (χ2n) is 6.10. The fourth-order valence-electron chi connectivity index (χ4n) is 1.87. The number of ether oxygens (including phenoxy) is 1. The molecule has 6 heteroatoms. The molecule has 0 aliphatic heterocycles. The number of nitrogens with zero attached hydrogens (tertiary/aromatic N) is 3. The zero-order chi connectivity index (χ0) is 15.9. The van der Waals surface area contributed by atoms with Gasteiger partial charge in [0.1, 0.15) is 11.4 Å². The van der Waals surface area contributed by atoms with Crippen molar-refractivity contribution in [1.82, 2.24) is 19.8 Å². The third kappa shape index (κ3) is 6.62. The van der Waals surface area contributed by atoms with E-state index in [1.807, 2.05) is 38.6 Å². The van der Waals surface area contributed by atoms with E-state index in [4.69, 9.17) is 4.74 Å². The summed E-state index contributed by atoms with van der Waals surface area (Å²) in [6, 6.07) is 0. The second-order valence-corrected chi connectivity index (χ2v) is 6.10. The number of hydrogen-bond acceptors (Lipinski definition) is 4. The van der Waals surface area contributed by atoms with Crippen molar-refractivity contribution in [3.05, 3.63) is 18.2 Å². The number of carbonyl (C=O) groups is 1. The molecule has 0 aliphatic rings. The van der Waals surface area contributed by atoms with E-state index in [9.17, 15) is 4.79 Å². The van der Waals surface area contributed by atoms with Crippen molar-refractivity contribution in [3.63, 3.8) is 0 Å². The molecule has 0 atom stereocenters. The van der Waals surface area contributed by atoms with Crippen LogP contribution in [-0.4, -0.2) is 45.8 Å². The van der Waals surface area contributed by atoms with Crippen LogP contribution < -0.4 is 5.32 Å². The maximum atomic E-state index is 12.1. The first-order valence-electron chi connectivity index (χ1n) is 7.48. The predicted molar refractivity (Wildman–Crippen MR) is 83.0 cm³/mol. The average molecular weight is 296 g/mol. The first kappa shape index (κ1) is 17.5. The molecule has 0 aliphatic carbocycles. The van der Waals surface area contributed by atoms with Gasteiger partial charge in [0.05, 0.1) is 6.54 Å². The van der Waals surface area contributed by atoms with Gasteiger partial charge in [-0.3, -0.25) is 0 Å². The summed E-state index contributed by atoms with van der Waals surface area (Å²) in [5, 5.41) is 3.30. The van der Waals surface area contributed by atoms with Gasteiger partial charge >= 0.3 is 6.09 Å². The Morgan fingerprint density at radius 3 is 2.67 bits per heavy atom. The fourth-order valence-corrected chi connectivity index (χ4v) is 1.87. The molecule has 0 saturated carbocycles. The fraction of sp³-hybridized carbons (Fsp3) is 0.733. The minimum Gasteiger partial charge on any atom is -0.444 e. The Bertz CT molecular complexity index is 437. The van der Waals surface area contributed by atoms with Gasteiger partial charge in [0, 0.05) is 39.1 Å². The van der Waals surface area contributed by atoms with Crippen molar-refractivity contribution in [2.24, 2.45) is 7.05 Å². The summed E-state index contributed by atoms with van der Waals surface area (Å²) in [7, 11) is 1.97. The maximum absolute atomic E-state index is 12.1. The summed E-state index contributed by atoms with van der Waals surface area (Å²) >= 11 is 0. The highest BCUT2D eigenvalue weighted by atomic mass is 16.6. The number of nitrogens with one attached hydrogen (secondary N) is 1. The third-order valence-electron chi connectivity index (χ3n) is 2.91. The molecule has 0 radical (unpaired) electrons. The predicted octanol–water partition coefficient (Wildman–Crippen LogP) is 2.16. The van der Waals surface area contributed by atoms with Crippen molar-refractivity contribution in [1.29, 1.82) is 0 Å². The average Bonchev–Trinajstić information content (AvgIpc) is 2.76. The van der Waals surface area contributed by atoms with Crippen LogP contribution in [0.15, 0.2) is 12.4 Å². The van der Waals surface area contributed by atoms with Crippen LogP contribution in [0.1, 0.15) is 39.9 Å². The molecular formula is C15H28N4O2. The van der Waals surface area contributed by atoms with E-state index in [1.54, 1.807) is 11.1 Å². The Morgan fingerprint density at radius 1 is 1.43 bits per heavy atom. The topological polar surface area (TPSA) is 59.4 Å². The number of aryl methyl sites for hydroxylation is 1. The third-order valence-corrected chi connectivity index (χ3v) is 2.91. The van der Waals surface area contributed by atoms with E-state index < -0.39 is 5.60 Å². The van der Waals surface area contributed by atoms with Gasteiger partial charge in [-0.2, -0.15) is 0 Å². The molecule has 120 valence electrons. The van der Waals surface area contributed by atoms with E-state index in [-0.39, 0.29) is 6.09 Å². The lowest BCUT2D eigenvalue weighted by Crippen LogP contribution is -2.40. The van der Waals surface area contributed by atoms with E-state index in [0.29, 0.717) is 26.2 Å². The zero-order valence-electron chi connectivity index (χ0n) is 13.8. The number of rotatable bonds is 7. The van der Waals surface area contributed by atoms with Crippen LogP contribution in [0, 0.1) is 0 Å². The highest BCUT2D eigenvalue weighted by Gasteiger charge is 2.21. The highest BCUT2D eigenvalue weighted by Crippen LogP contribution is 2.10.